The molecule has 2 rings (SSSR count). The Morgan fingerprint density at radius 2 is 2.12 bits per heavy atom. The maximum Gasteiger partial charge on any atom is 0.191 e. The van der Waals surface area contributed by atoms with Crippen molar-refractivity contribution in [3.63, 3.8) is 0 Å². The van der Waals surface area contributed by atoms with Gasteiger partial charge in [-0.1, -0.05) is 0 Å². The highest BCUT2D eigenvalue weighted by Crippen LogP contribution is 2.19. The third kappa shape index (κ3) is 6.27. The van der Waals surface area contributed by atoms with Crippen LogP contribution in [-0.4, -0.2) is 43.8 Å². The van der Waals surface area contributed by atoms with E-state index in [1.54, 1.807) is 0 Å². The molecular weight excluding hydrogens is 422 g/mol. The van der Waals surface area contributed by atoms with Gasteiger partial charge < -0.3 is 20.4 Å². The van der Waals surface area contributed by atoms with Crippen molar-refractivity contribution in [2.24, 2.45) is 4.99 Å². The van der Waals surface area contributed by atoms with Gasteiger partial charge in [-0.25, -0.2) is 4.39 Å². The van der Waals surface area contributed by atoms with Gasteiger partial charge >= 0.3 is 0 Å². The molecule has 1 aromatic heterocycles. The summed E-state index contributed by atoms with van der Waals surface area (Å²) in [6.07, 6.45) is 2.77. The first-order chi connectivity index (χ1) is 11.2. The number of ether oxygens (including phenoxy) is 1. The maximum atomic E-state index is 13.2. The SMILES string of the molecule is CCNC(=NCCOCC)NCCc1c[nH]c2cc(F)ccc12.I. The molecule has 0 fully saturated rings. The topological polar surface area (TPSA) is 61.4 Å². The van der Waals surface area contributed by atoms with E-state index in [-0.39, 0.29) is 29.8 Å². The summed E-state index contributed by atoms with van der Waals surface area (Å²) in [4.78, 5) is 7.57. The van der Waals surface area contributed by atoms with Gasteiger partial charge in [-0.05, 0) is 44.0 Å². The van der Waals surface area contributed by atoms with Crippen LogP contribution in [0, 0.1) is 5.82 Å². The molecule has 5 nitrogen and oxygen atoms in total. The Morgan fingerprint density at radius 3 is 2.88 bits per heavy atom. The second kappa shape index (κ2) is 11.2. The molecule has 134 valence electrons. The average molecular weight is 448 g/mol. The summed E-state index contributed by atoms with van der Waals surface area (Å²) in [6, 6.07) is 4.83. The molecule has 0 aliphatic carbocycles. The van der Waals surface area contributed by atoms with E-state index < -0.39 is 0 Å². The highest BCUT2D eigenvalue weighted by molar-refractivity contribution is 14.0. The molecule has 0 bridgehead atoms. The van der Waals surface area contributed by atoms with Crippen molar-refractivity contribution in [1.82, 2.24) is 15.6 Å². The standard InChI is InChI=1S/C17H25FN4O.HI/c1-3-19-17(21-9-10-23-4-2)20-8-7-13-12-22-16-11-14(18)5-6-15(13)16;/h5-6,11-12,22H,3-4,7-10H2,1-2H3,(H2,19,20,21);1H. The quantitative estimate of drug-likeness (QED) is 0.252. The van der Waals surface area contributed by atoms with Gasteiger partial charge in [0.25, 0.3) is 0 Å². The summed E-state index contributed by atoms with van der Waals surface area (Å²) >= 11 is 0. The number of nitrogens with zero attached hydrogens (tertiary/aromatic N) is 1. The van der Waals surface area contributed by atoms with E-state index >= 15 is 0 Å². The van der Waals surface area contributed by atoms with Crippen LogP contribution in [0.15, 0.2) is 29.4 Å². The number of hydrogen-bond acceptors (Lipinski definition) is 2. The van der Waals surface area contributed by atoms with Gasteiger partial charge in [0.1, 0.15) is 5.82 Å². The normalized spacial score (nSPS) is 11.4. The summed E-state index contributed by atoms with van der Waals surface area (Å²) in [5, 5.41) is 7.58. The van der Waals surface area contributed by atoms with Crippen molar-refractivity contribution in [1.29, 1.82) is 0 Å². The fourth-order valence-corrected chi connectivity index (χ4v) is 2.39. The van der Waals surface area contributed by atoms with Crippen molar-refractivity contribution in [3.05, 3.63) is 35.8 Å². The van der Waals surface area contributed by atoms with Crippen molar-refractivity contribution < 1.29 is 9.13 Å². The number of aromatic nitrogens is 1. The van der Waals surface area contributed by atoms with Gasteiger partial charge in [0.15, 0.2) is 5.96 Å². The molecule has 0 spiro atoms. The number of nitrogens with one attached hydrogen (secondary N) is 3. The van der Waals surface area contributed by atoms with Gasteiger partial charge in [0, 0.05) is 36.8 Å². The maximum absolute atomic E-state index is 13.2. The number of rotatable bonds is 8. The lowest BCUT2D eigenvalue weighted by Gasteiger charge is -2.11. The first kappa shape index (κ1) is 20.7. The molecular formula is C17H26FIN4O. The third-order valence-corrected chi connectivity index (χ3v) is 3.47. The minimum atomic E-state index is -0.222. The Kier molecular flexibility index (Phi) is 9.70. The predicted molar refractivity (Wildman–Crippen MR) is 108 cm³/mol. The van der Waals surface area contributed by atoms with Gasteiger partial charge in [0.05, 0.1) is 13.2 Å². The van der Waals surface area contributed by atoms with Crippen LogP contribution in [-0.2, 0) is 11.2 Å². The number of H-pyrrole nitrogens is 1. The molecule has 0 unspecified atom stereocenters. The summed E-state index contributed by atoms with van der Waals surface area (Å²) in [7, 11) is 0. The number of halogens is 2. The number of aliphatic imine (C=N–C) groups is 1. The summed E-state index contributed by atoms with van der Waals surface area (Å²) in [6.45, 7) is 7.54. The number of hydrogen-bond donors (Lipinski definition) is 3. The summed E-state index contributed by atoms with van der Waals surface area (Å²) in [5.74, 6) is 0.568. The molecule has 0 radical (unpaired) electrons. The van der Waals surface area contributed by atoms with Crippen LogP contribution in [0.25, 0.3) is 10.9 Å². The molecule has 0 atom stereocenters. The number of benzene rings is 1. The molecule has 0 aliphatic heterocycles. The minimum absolute atomic E-state index is 0. The first-order valence-corrected chi connectivity index (χ1v) is 8.10. The fraction of sp³-hybridized carbons (Fsp3) is 0.471. The Morgan fingerprint density at radius 1 is 1.29 bits per heavy atom. The second-order valence-corrected chi connectivity index (χ2v) is 5.14. The molecule has 0 saturated heterocycles. The minimum Gasteiger partial charge on any atom is -0.380 e. The molecule has 1 heterocycles. The van der Waals surface area contributed by atoms with Crippen LogP contribution in [0.5, 0.6) is 0 Å². The van der Waals surface area contributed by atoms with E-state index in [1.165, 1.54) is 12.1 Å². The fourth-order valence-electron chi connectivity index (χ4n) is 2.39. The van der Waals surface area contributed by atoms with Gasteiger partial charge in [-0.15, -0.1) is 24.0 Å². The monoisotopic (exact) mass is 448 g/mol. The van der Waals surface area contributed by atoms with Gasteiger partial charge in [-0.3, -0.25) is 4.99 Å². The zero-order chi connectivity index (χ0) is 16.5. The molecule has 0 amide bonds. The zero-order valence-corrected chi connectivity index (χ0v) is 16.5. The summed E-state index contributed by atoms with van der Waals surface area (Å²) < 4.78 is 18.5. The van der Waals surface area contributed by atoms with Crippen LogP contribution < -0.4 is 10.6 Å². The van der Waals surface area contributed by atoms with Crippen molar-refractivity contribution in [2.45, 2.75) is 20.3 Å². The van der Waals surface area contributed by atoms with E-state index in [1.807, 2.05) is 26.1 Å². The van der Waals surface area contributed by atoms with Gasteiger partial charge in [-0.2, -0.15) is 0 Å². The van der Waals surface area contributed by atoms with Crippen molar-refractivity contribution in [2.75, 3.05) is 32.8 Å². The highest BCUT2D eigenvalue weighted by atomic mass is 127. The smallest absolute Gasteiger partial charge is 0.191 e. The lowest BCUT2D eigenvalue weighted by atomic mass is 10.1. The van der Waals surface area contributed by atoms with E-state index in [9.17, 15) is 4.39 Å². The van der Waals surface area contributed by atoms with Crippen molar-refractivity contribution >= 4 is 40.8 Å². The third-order valence-electron chi connectivity index (χ3n) is 3.47. The van der Waals surface area contributed by atoms with E-state index in [2.05, 4.69) is 20.6 Å². The van der Waals surface area contributed by atoms with Crippen LogP contribution in [0.4, 0.5) is 4.39 Å². The molecule has 0 aliphatic rings. The van der Waals surface area contributed by atoms with Gasteiger partial charge in [0.2, 0.25) is 0 Å². The summed E-state index contributed by atoms with van der Waals surface area (Å²) in [5.41, 5.74) is 2.00. The number of aromatic amines is 1. The average Bonchev–Trinajstić information content (AvgIpc) is 2.93. The Hall–Kier alpha value is -1.35. The van der Waals surface area contributed by atoms with Crippen LogP contribution in [0.1, 0.15) is 19.4 Å². The first-order valence-electron chi connectivity index (χ1n) is 8.10. The lowest BCUT2D eigenvalue weighted by molar-refractivity contribution is 0.155. The van der Waals surface area contributed by atoms with Crippen LogP contribution >= 0.6 is 24.0 Å². The van der Waals surface area contributed by atoms with E-state index in [4.69, 9.17) is 4.74 Å². The van der Waals surface area contributed by atoms with Crippen LogP contribution in [0.2, 0.25) is 0 Å². The Bertz CT molecular complexity index is 645. The zero-order valence-electron chi connectivity index (χ0n) is 14.2. The predicted octanol–water partition coefficient (Wildman–Crippen LogP) is 3.06. The Labute approximate surface area is 159 Å². The highest BCUT2D eigenvalue weighted by Gasteiger charge is 2.05. The Balaban J connectivity index is 0.00000288. The lowest BCUT2D eigenvalue weighted by Crippen LogP contribution is -2.38. The molecule has 2 aromatic rings. The van der Waals surface area contributed by atoms with E-state index in [0.29, 0.717) is 19.8 Å². The molecule has 0 saturated carbocycles. The molecule has 3 N–H and O–H groups in total. The molecule has 7 heteroatoms. The second-order valence-electron chi connectivity index (χ2n) is 5.14. The van der Waals surface area contributed by atoms with Crippen molar-refractivity contribution in [3.8, 4) is 0 Å². The largest absolute Gasteiger partial charge is 0.380 e. The number of fused-ring (bicyclic) bond motifs is 1. The molecule has 1 aromatic carbocycles. The molecule has 24 heavy (non-hydrogen) atoms. The number of guanidine groups is 1. The van der Waals surface area contributed by atoms with E-state index in [0.717, 1.165) is 41.9 Å². The van der Waals surface area contributed by atoms with Crippen LogP contribution in [0.3, 0.4) is 0 Å².